The Hall–Kier alpha value is -0.260. The lowest BCUT2D eigenvalue weighted by Crippen LogP contribution is -1.79. The Balaban J connectivity index is 3.31. The van der Waals surface area contributed by atoms with E-state index in [2.05, 4.69) is 26.8 Å². The number of hydrogen-bond donors (Lipinski definition) is 0. The van der Waals surface area contributed by atoms with Crippen LogP contribution in [0.15, 0.2) is 11.6 Å². The van der Waals surface area contributed by atoms with Crippen LogP contribution in [0.25, 0.3) is 0 Å². The van der Waals surface area contributed by atoms with Gasteiger partial charge in [-0.25, -0.2) is 0 Å². The molecule has 0 aromatic heterocycles. The maximum atomic E-state index is 3.90. The molecule has 0 aliphatic heterocycles. The van der Waals surface area contributed by atoms with E-state index < -0.39 is 0 Å². The quantitative estimate of drug-likeness (QED) is 0.386. The van der Waals surface area contributed by atoms with Crippen LogP contribution >= 0.6 is 0 Å². The molecule has 1 radical (unpaired) electrons. The van der Waals surface area contributed by atoms with Gasteiger partial charge in [0.1, 0.15) is 0 Å². The first kappa shape index (κ1) is 11.7. The van der Waals surface area contributed by atoms with E-state index in [1.54, 1.807) is 0 Å². The minimum Gasteiger partial charge on any atom is -0.0853 e. The Bertz CT molecular complexity index is 105. The van der Waals surface area contributed by atoms with Crippen molar-refractivity contribution < 1.29 is 0 Å². The number of hydrogen-bond acceptors (Lipinski definition) is 0. The predicted molar refractivity (Wildman–Crippen MR) is 57.1 cm³/mol. The molecule has 0 aromatic rings. The largest absolute Gasteiger partial charge is 0.0853 e. The smallest absolute Gasteiger partial charge is 0.0320 e. The van der Waals surface area contributed by atoms with Gasteiger partial charge in [-0.2, -0.15) is 0 Å². The van der Waals surface area contributed by atoms with Gasteiger partial charge in [0.25, 0.3) is 0 Å². The first-order valence-electron chi connectivity index (χ1n) is 5.32. The van der Waals surface area contributed by atoms with Crippen molar-refractivity contribution in [3.8, 4) is 0 Å². The van der Waals surface area contributed by atoms with Gasteiger partial charge in [0, 0.05) is 0 Å². The summed E-state index contributed by atoms with van der Waals surface area (Å²) in [6.45, 7) is 8.37. The van der Waals surface area contributed by atoms with Crippen molar-refractivity contribution in [3.63, 3.8) is 0 Å². The van der Waals surface area contributed by atoms with E-state index >= 15 is 0 Å². The van der Waals surface area contributed by atoms with Crippen molar-refractivity contribution in [1.82, 2.24) is 0 Å². The van der Waals surface area contributed by atoms with Crippen LogP contribution in [0.5, 0.6) is 0 Å². The average Bonchev–Trinajstić information content (AvgIpc) is 2.11. The summed E-state index contributed by atoms with van der Waals surface area (Å²) < 4.78 is 0. The van der Waals surface area contributed by atoms with Crippen LogP contribution in [0.2, 0.25) is 0 Å². The molecule has 0 spiro atoms. The normalized spacial score (nSPS) is 12.1. The van der Waals surface area contributed by atoms with Crippen LogP contribution in [0.1, 0.15) is 58.8 Å². The summed E-state index contributed by atoms with van der Waals surface area (Å²) in [4.78, 5) is 0. The first-order valence-corrected chi connectivity index (χ1v) is 5.32. The molecule has 0 N–H and O–H groups in total. The van der Waals surface area contributed by atoms with Gasteiger partial charge >= 0.3 is 0 Å². The molecule has 0 heterocycles. The van der Waals surface area contributed by atoms with Crippen LogP contribution in [-0.2, 0) is 0 Å². The van der Waals surface area contributed by atoms with Gasteiger partial charge in [0.2, 0.25) is 0 Å². The molecule has 0 amide bonds. The molecule has 0 atom stereocenters. The number of unbranched alkanes of at least 4 members (excludes halogenated alkanes) is 4. The third-order valence-corrected chi connectivity index (χ3v) is 2.27. The molecule has 0 rings (SSSR count). The third kappa shape index (κ3) is 6.45. The molecule has 0 nitrogen and oxygen atoms in total. The highest BCUT2D eigenvalue weighted by molar-refractivity contribution is 5.01. The van der Waals surface area contributed by atoms with Gasteiger partial charge in [0.15, 0.2) is 0 Å². The minimum absolute atomic E-state index is 0.990. The lowest BCUT2D eigenvalue weighted by molar-refractivity contribution is 0.672. The monoisotopic (exact) mass is 167 g/mol. The Labute approximate surface area is 78.1 Å². The van der Waals surface area contributed by atoms with Crippen molar-refractivity contribution in [1.29, 1.82) is 0 Å². The second-order valence-corrected chi connectivity index (χ2v) is 3.32. The molecular formula is C12H23. The van der Waals surface area contributed by atoms with E-state index in [4.69, 9.17) is 0 Å². The Morgan fingerprint density at radius 1 is 1.17 bits per heavy atom. The molecule has 0 aliphatic rings. The van der Waals surface area contributed by atoms with Gasteiger partial charge in [-0.15, -0.1) is 0 Å². The van der Waals surface area contributed by atoms with Gasteiger partial charge < -0.3 is 0 Å². The highest BCUT2D eigenvalue weighted by Gasteiger charge is 1.89. The highest BCUT2D eigenvalue weighted by Crippen LogP contribution is 2.09. The van der Waals surface area contributed by atoms with Crippen LogP contribution in [-0.4, -0.2) is 0 Å². The molecule has 0 aromatic carbocycles. The molecule has 0 unspecified atom stereocenters. The molecule has 0 saturated heterocycles. The van der Waals surface area contributed by atoms with Crippen LogP contribution < -0.4 is 0 Å². The SMILES string of the molecule is [CH2]C/C(=C/CCCCCC)CC. The maximum Gasteiger partial charge on any atom is -0.0320 e. The summed E-state index contributed by atoms with van der Waals surface area (Å²) in [5.41, 5.74) is 1.52. The molecule has 0 fully saturated rings. The Kier molecular flexibility index (Phi) is 8.64. The van der Waals surface area contributed by atoms with Crippen molar-refractivity contribution in [2.75, 3.05) is 0 Å². The molecule has 0 bridgehead atoms. The first-order chi connectivity index (χ1) is 5.85. The topological polar surface area (TPSA) is 0 Å². The zero-order valence-electron chi connectivity index (χ0n) is 8.73. The van der Waals surface area contributed by atoms with Gasteiger partial charge in [-0.1, -0.05) is 44.8 Å². The van der Waals surface area contributed by atoms with Crippen molar-refractivity contribution >= 4 is 0 Å². The van der Waals surface area contributed by atoms with E-state index in [0.717, 1.165) is 6.42 Å². The van der Waals surface area contributed by atoms with E-state index in [1.165, 1.54) is 44.1 Å². The fourth-order valence-corrected chi connectivity index (χ4v) is 1.30. The Morgan fingerprint density at radius 3 is 2.42 bits per heavy atom. The molecule has 0 saturated carbocycles. The molecule has 12 heavy (non-hydrogen) atoms. The van der Waals surface area contributed by atoms with Crippen LogP contribution in [0, 0.1) is 6.92 Å². The fourth-order valence-electron chi connectivity index (χ4n) is 1.30. The minimum atomic E-state index is 0.990. The average molecular weight is 167 g/mol. The summed E-state index contributed by atoms with van der Waals surface area (Å²) in [5.74, 6) is 0. The predicted octanol–water partition coefficient (Wildman–Crippen LogP) is 4.52. The second-order valence-electron chi connectivity index (χ2n) is 3.32. The van der Waals surface area contributed by atoms with Crippen LogP contribution in [0.4, 0.5) is 0 Å². The second kappa shape index (κ2) is 8.83. The molecule has 0 heteroatoms. The standard InChI is InChI=1S/C12H23/c1-4-7-8-9-10-11-12(5-2)6-3/h11H,2,4-10H2,1,3H3/b12-11-. The van der Waals surface area contributed by atoms with E-state index in [9.17, 15) is 0 Å². The summed E-state index contributed by atoms with van der Waals surface area (Å²) in [7, 11) is 0. The van der Waals surface area contributed by atoms with E-state index in [-0.39, 0.29) is 0 Å². The van der Waals surface area contributed by atoms with Gasteiger partial charge in [-0.05, 0) is 32.6 Å². The maximum absolute atomic E-state index is 3.90. The Morgan fingerprint density at radius 2 is 1.92 bits per heavy atom. The summed E-state index contributed by atoms with van der Waals surface area (Å²) in [6, 6.07) is 0. The molecule has 71 valence electrons. The highest BCUT2D eigenvalue weighted by atomic mass is 14.0. The van der Waals surface area contributed by atoms with E-state index in [0.29, 0.717) is 0 Å². The molecular weight excluding hydrogens is 144 g/mol. The zero-order chi connectivity index (χ0) is 9.23. The lowest BCUT2D eigenvalue weighted by Gasteiger charge is -1.99. The molecule has 0 aliphatic carbocycles. The van der Waals surface area contributed by atoms with Gasteiger partial charge in [-0.3, -0.25) is 0 Å². The van der Waals surface area contributed by atoms with Gasteiger partial charge in [0.05, 0.1) is 0 Å². The summed E-state index contributed by atoms with van der Waals surface area (Å²) >= 11 is 0. The van der Waals surface area contributed by atoms with Crippen molar-refractivity contribution in [2.24, 2.45) is 0 Å². The van der Waals surface area contributed by atoms with Crippen LogP contribution in [0.3, 0.4) is 0 Å². The summed E-state index contributed by atoms with van der Waals surface area (Å²) in [6.07, 6.45) is 11.3. The van der Waals surface area contributed by atoms with E-state index in [1.807, 2.05) is 0 Å². The fraction of sp³-hybridized carbons (Fsp3) is 0.750. The van der Waals surface area contributed by atoms with Crippen molar-refractivity contribution in [3.05, 3.63) is 18.6 Å². The number of allylic oxidation sites excluding steroid dienone is 2. The zero-order valence-corrected chi connectivity index (χ0v) is 8.73. The third-order valence-electron chi connectivity index (χ3n) is 2.27. The van der Waals surface area contributed by atoms with Crippen molar-refractivity contribution in [2.45, 2.75) is 58.8 Å². The lowest BCUT2D eigenvalue weighted by atomic mass is 10.1. The summed E-state index contributed by atoms with van der Waals surface area (Å²) in [5, 5.41) is 0. The number of rotatable bonds is 7.